The van der Waals surface area contributed by atoms with Crippen LogP contribution in [0, 0.1) is 12.3 Å². The molecule has 5 nitrogen and oxygen atoms in total. The van der Waals surface area contributed by atoms with Crippen LogP contribution in [0.5, 0.6) is 0 Å². The molecule has 0 aliphatic carbocycles. The SMILES string of the molecule is CCCNc1nc(C)cc(NC(CCO)C(C)(C)C)n1. The topological polar surface area (TPSA) is 70.1 Å². The Hall–Kier alpha value is -1.36. The highest BCUT2D eigenvalue weighted by Crippen LogP contribution is 2.25. The van der Waals surface area contributed by atoms with E-state index in [0.717, 1.165) is 24.5 Å². The van der Waals surface area contributed by atoms with Crippen LogP contribution in [-0.2, 0) is 0 Å². The summed E-state index contributed by atoms with van der Waals surface area (Å²) < 4.78 is 0. The van der Waals surface area contributed by atoms with Gasteiger partial charge in [-0.15, -0.1) is 0 Å². The molecule has 1 aromatic heterocycles. The fourth-order valence-corrected chi connectivity index (χ4v) is 1.99. The lowest BCUT2D eigenvalue weighted by Crippen LogP contribution is -2.35. The Balaban J connectivity index is 2.86. The Morgan fingerprint density at radius 1 is 1.30 bits per heavy atom. The summed E-state index contributed by atoms with van der Waals surface area (Å²) in [5, 5.41) is 15.9. The van der Waals surface area contributed by atoms with Crippen molar-refractivity contribution in [2.45, 2.75) is 53.5 Å². The Morgan fingerprint density at radius 2 is 2.00 bits per heavy atom. The van der Waals surface area contributed by atoms with Gasteiger partial charge in [0.15, 0.2) is 0 Å². The van der Waals surface area contributed by atoms with E-state index in [9.17, 15) is 5.11 Å². The molecule has 1 heterocycles. The van der Waals surface area contributed by atoms with Crippen LogP contribution in [0.4, 0.5) is 11.8 Å². The Labute approximate surface area is 122 Å². The van der Waals surface area contributed by atoms with Crippen molar-refractivity contribution in [2.24, 2.45) is 5.41 Å². The normalized spacial score (nSPS) is 13.1. The Bertz CT molecular complexity index is 415. The predicted octanol–water partition coefficient (Wildman–Crippen LogP) is 2.82. The van der Waals surface area contributed by atoms with Crippen LogP contribution in [0.1, 0.15) is 46.2 Å². The summed E-state index contributed by atoms with van der Waals surface area (Å²) in [7, 11) is 0. The highest BCUT2D eigenvalue weighted by atomic mass is 16.3. The number of nitrogens with zero attached hydrogens (tertiary/aromatic N) is 2. The molecular formula is C15H28N4O. The summed E-state index contributed by atoms with van der Waals surface area (Å²) in [6.45, 7) is 11.6. The van der Waals surface area contributed by atoms with Gasteiger partial charge in [-0.1, -0.05) is 27.7 Å². The Morgan fingerprint density at radius 3 is 2.55 bits per heavy atom. The molecule has 0 spiro atoms. The van der Waals surface area contributed by atoms with Crippen molar-refractivity contribution >= 4 is 11.8 Å². The molecule has 0 radical (unpaired) electrons. The second-order valence-corrected chi connectivity index (χ2v) is 6.22. The van der Waals surface area contributed by atoms with Gasteiger partial charge in [0.2, 0.25) is 5.95 Å². The first-order valence-electron chi connectivity index (χ1n) is 7.33. The van der Waals surface area contributed by atoms with E-state index >= 15 is 0 Å². The average Bonchev–Trinajstić information content (AvgIpc) is 2.34. The molecule has 0 amide bonds. The van der Waals surface area contributed by atoms with Crippen LogP contribution in [0.2, 0.25) is 0 Å². The molecule has 0 aliphatic rings. The molecule has 20 heavy (non-hydrogen) atoms. The molecule has 0 saturated heterocycles. The zero-order valence-corrected chi connectivity index (χ0v) is 13.3. The third kappa shape index (κ3) is 5.33. The molecule has 0 bridgehead atoms. The van der Waals surface area contributed by atoms with Crippen molar-refractivity contribution < 1.29 is 5.11 Å². The van der Waals surface area contributed by atoms with Gasteiger partial charge >= 0.3 is 0 Å². The fraction of sp³-hybridized carbons (Fsp3) is 0.733. The van der Waals surface area contributed by atoms with Crippen molar-refractivity contribution in [1.29, 1.82) is 0 Å². The minimum Gasteiger partial charge on any atom is -0.396 e. The molecule has 0 aromatic carbocycles. The Kier molecular flexibility index (Phi) is 6.20. The molecule has 0 fully saturated rings. The zero-order valence-electron chi connectivity index (χ0n) is 13.3. The quantitative estimate of drug-likeness (QED) is 0.716. The lowest BCUT2D eigenvalue weighted by molar-refractivity contribution is 0.235. The van der Waals surface area contributed by atoms with Crippen molar-refractivity contribution in [3.8, 4) is 0 Å². The van der Waals surface area contributed by atoms with Gasteiger partial charge in [-0.25, -0.2) is 4.98 Å². The molecule has 1 unspecified atom stereocenters. The number of nitrogens with one attached hydrogen (secondary N) is 2. The zero-order chi connectivity index (χ0) is 15.2. The maximum absolute atomic E-state index is 9.22. The fourth-order valence-electron chi connectivity index (χ4n) is 1.99. The van der Waals surface area contributed by atoms with Gasteiger partial charge in [-0.3, -0.25) is 0 Å². The van der Waals surface area contributed by atoms with Gasteiger partial charge in [0.1, 0.15) is 5.82 Å². The minimum atomic E-state index is 0.0542. The van der Waals surface area contributed by atoms with Crippen LogP contribution < -0.4 is 10.6 Å². The van der Waals surface area contributed by atoms with Crippen LogP contribution in [-0.4, -0.2) is 34.3 Å². The first-order chi connectivity index (χ1) is 9.36. The molecule has 1 atom stereocenters. The molecule has 1 rings (SSSR count). The summed E-state index contributed by atoms with van der Waals surface area (Å²) in [6, 6.07) is 2.11. The summed E-state index contributed by atoms with van der Waals surface area (Å²) >= 11 is 0. The second-order valence-electron chi connectivity index (χ2n) is 6.22. The van der Waals surface area contributed by atoms with Gasteiger partial charge in [-0.05, 0) is 25.2 Å². The molecule has 0 aliphatic heterocycles. The summed E-state index contributed by atoms with van der Waals surface area (Å²) in [5.41, 5.74) is 0.983. The van der Waals surface area contributed by atoms with E-state index in [1.54, 1.807) is 0 Å². The predicted molar refractivity (Wildman–Crippen MR) is 84.1 cm³/mol. The first-order valence-corrected chi connectivity index (χ1v) is 7.33. The van der Waals surface area contributed by atoms with E-state index in [1.165, 1.54) is 0 Å². The summed E-state index contributed by atoms with van der Waals surface area (Å²) in [4.78, 5) is 8.87. The lowest BCUT2D eigenvalue weighted by Gasteiger charge is -2.31. The van der Waals surface area contributed by atoms with E-state index in [4.69, 9.17) is 0 Å². The van der Waals surface area contributed by atoms with E-state index < -0.39 is 0 Å². The molecule has 0 saturated carbocycles. The highest BCUT2D eigenvalue weighted by Gasteiger charge is 2.24. The number of rotatable bonds is 7. The third-order valence-electron chi connectivity index (χ3n) is 3.17. The van der Waals surface area contributed by atoms with E-state index in [0.29, 0.717) is 12.4 Å². The summed E-state index contributed by atoms with van der Waals surface area (Å²) in [5.74, 6) is 1.47. The van der Waals surface area contributed by atoms with E-state index in [1.807, 2.05) is 13.0 Å². The van der Waals surface area contributed by atoms with Crippen molar-refractivity contribution in [1.82, 2.24) is 9.97 Å². The molecule has 114 valence electrons. The van der Waals surface area contributed by atoms with E-state index in [2.05, 4.69) is 48.3 Å². The maximum atomic E-state index is 9.22. The third-order valence-corrected chi connectivity index (χ3v) is 3.17. The number of aliphatic hydroxyl groups is 1. The van der Waals surface area contributed by atoms with E-state index in [-0.39, 0.29) is 18.1 Å². The van der Waals surface area contributed by atoms with Gasteiger partial charge < -0.3 is 15.7 Å². The average molecular weight is 280 g/mol. The van der Waals surface area contributed by atoms with Crippen molar-refractivity contribution in [2.75, 3.05) is 23.8 Å². The first kappa shape index (κ1) is 16.7. The van der Waals surface area contributed by atoms with Crippen molar-refractivity contribution in [3.05, 3.63) is 11.8 Å². The highest BCUT2D eigenvalue weighted by molar-refractivity contribution is 5.43. The number of hydrogen-bond donors (Lipinski definition) is 3. The van der Waals surface area contributed by atoms with Gasteiger partial charge in [0.25, 0.3) is 0 Å². The molecular weight excluding hydrogens is 252 g/mol. The minimum absolute atomic E-state index is 0.0542. The van der Waals surface area contributed by atoms with Crippen LogP contribution in [0.3, 0.4) is 0 Å². The summed E-state index contributed by atoms with van der Waals surface area (Å²) in [6.07, 6.45) is 1.74. The standard InChI is InChI=1S/C15H28N4O/c1-6-8-16-14-17-11(2)10-13(19-14)18-12(7-9-20)15(3,4)5/h10,12,20H,6-9H2,1-5H3,(H2,16,17,18,19). The lowest BCUT2D eigenvalue weighted by atomic mass is 9.85. The number of aryl methyl sites for hydroxylation is 1. The molecule has 3 N–H and O–H groups in total. The number of aliphatic hydroxyl groups excluding tert-OH is 1. The van der Waals surface area contributed by atoms with Crippen LogP contribution in [0.25, 0.3) is 0 Å². The van der Waals surface area contributed by atoms with Crippen LogP contribution >= 0.6 is 0 Å². The number of anilines is 2. The monoisotopic (exact) mass is 280 g/mol. The second kappa shape index (κ2) is 7.43. The smallest absolute Gasteiger partial charge is 0.224 e. The largest absolute Gasteiger partial charge is 0.396 e. The maximum Gasteiger partial charge on any atom is 0.224 e. The molecule has 5 heteroatoms. The number of aromatic nitrogens is 2. The van der Waals surface area contributed by atoms with Gasteiger partial charge in [0.05, 0.1) is 0 Å². The van der Waals surface area contributed by atoms with Crippen LogP contribution in [0.15, 0.2) is 6.07 Å². The van der Waals surface area contributed by atoms with Crippen molar-refractivity contribution in [3.63, 3.8) is 0 Å². The number of hydrogen-bond acceptors (Lipinski definition) is 5. The molecule has 1 aromatic rings. The van der Waals surface area contributed by atoms with Gasteiger partial charge in [0, 0.05) is 31.0 Å². The van der Waals surface area contributed by atoms with Gasteiger partial charge in [-0.2, -0.15) is 4.98 Å².